The molecule has 0 saturated heterocycles. The summed E-state index contributed by atoms with van der Waals surface area (Å²) in [5.41, 5.74) is 7.90. The molecule has 2 aromatic heterocycles. The zero-order valence-corrected chi connectivity index (χ0v) is 7.87. The summed E-state index contributed by atoms with van der Waals surface area (Å²) in [5.74, 6) is 1.39. The Balaban J connectivity index is 2.48. The third-order valence-electron chi connectivity index (χ3n) is 1.99. The molecule has 0 aromatic carbocycles. The Morgan fingerprint density at radius 2 is 2.43 bits per heavy atom. The maximum Gasteiger partial charge on any atom is 0.152 e. The maximum absolute atomic E-state index is 5.57. The van der Waals surface area contributed by atoms with Crippen LogP contribution >= 0.6 is 0 Å². The molecule has 0 amide bonds. The highest BCUT2D eigenvalue weighted by atomic mass is 16.3. The molecule has 0 fully saturated rings. The molecule has 0 spiro atoms. The average molecular weight is 189 g/mol. The van der Waals surface area contributed by atoms with Gasteiger partial charge in [0.25, 0.3) is 0 Å². The molecule has 2 aromatic rings. The molecule has 3 N–H and O–H groups in total. The zero-order chi connectivity index (χ0) is 10.1. The van der Waals surface area contributed by atoms with Gasteiger partial charge in [0.1, 0.15) is 5.76 Å². The summed E-state index contributed by atoms with van der Waals surface area (Å²) in [7, 11) is 0. The number of hydrogen-bond acceptors (Lipinski definition) is 3. The fourth-order valence-electron chi connectivity index (χ4n) is 1.33. The lowest BCUT2D eigenvalue weighted by Gasteiger charge is -1.94. The second-order valence-corrected chi connectivity index (χ2v) is 3.14. The van der Waals surface area contributed by atoms with Gasteiger partial charge in [-0.15, -0.1) is 0 Å². The van der Waals surface area contributed by atoms with Crippen LogP contribution in [-0.2, 0) is 0 Å². The molecule has 0 atom stereocenters. The van der Waals surface area contributed by atoms with E-state index >= 15 is 0 Å². The quantitative estimate of drug-likeness (QED) is 0.758. The number of furan rings is 1. The number of aromatic amines is 1. The molecule has 2 heterocycles. The van der Waals surface area contributed by atoms with Gasteiger partial charge in [-0.2, -0.15) is 5.10 Å². The van der Waals surface area contributed by atoms with Gasteiger partial charge in [0.05, 0.1) is 17.5 Å². The van der Waals surface area contributed by atoms with Gasteiger partial charge < -0.3 is 10.2 Å². The Labute approximate surface area is 81.4 Å². The van der Waals surface area contributed by atoms with Gasteiger partial charge in [0, 0.05) is 6.20 Å². The molecule has 0 radical (unpaired) electrons. The van der Waals surface area contributed by atoms with E-state index in [0.29, 0.717) is 11.5 Å². The van der Waals surface area contributed by atoms with Crippen LogP contribution < -0.4 is 5.73 Å². The van der Waals surface area contributed by atoms with Gasteiger partial charge >= 0.3 is 0 Å². The predicted molar refractivity (Wildman–Crippen MR) is 54.2 cm³/mol. The fourth-order valence-corrected chi connectivity index (χ4v) is 1.33. The minimum Gasteiger partial charge on any atom is -0.454 e. The van der Waals surface area contributed by atoms with E-state index in [9.17, 15) is 0 Å². The third kappa shape index (κ3) is 1.31. The van der Waals surface area contributed by atoms with Gasteiger partial charge in [-0.1, -0.05) is 6.58 Å². The molecule has 0 aliphatic heterocycles. The van der Waals surface area contributed by atoms with Crippen molar-refractivity contribution in [3.8, 4) is 11.3 Å². The molecule has 0 unspecified atom stereocenters. The van der Waals surface area contributed by atoms with Crippen LogP contribution in [0.5, 0.6) is 0 Å². The number of aromatic nitrogens is 2. The summed E-state index contributed by atoms with van der Waals surface area (Å²) in [6.07, 6.45) is 3.46. The van der Waals surface area contributed by atoms with E-state index in [0.717, 1.165) is 16.9 Å². The molecule has 0 aliphatic rings. The predicted octanol–water partition coefficient (Wildman–Crippen LogP) is 1.91. The van der Waals surface area contributed by atoms with Gasteiger partial charge in [-0.05, 0) is 18.6 Å². The topological polar surface area (TPSA) is 67.8 Å². The smallest absolute Gasteiger partial charge is 0.152 e. The van der Waals surface area contributed by atoms with E-state index in [4.69, 9.17) is 10.2 Å². The van der Waals surface area contributed by atoms with Crippen molar-refractivity contribution >= 4 is 5.70 Å². The molecule has 4 nitrogen and oxygen atoms in total. The minimum atomic E-state index is 0.442. The Morgan fingerprint density at radius 3 is 2.93 bits per heavy atom. The van der Waals surface area contributed by atoms with Crippen LogP contribution in [0.2, 0.25) is 0 Å². The molecule has 4 heteroatoms. The van der Waals surface area contributed by atoms with E-state index in [1.165, 1.54) is 0 Å². The van der Waals surface area contributed by atoms with E-state index in [1.54, 1.807) is 12.4 Å². The summed E-state index contributed by atoms with van der Waals surface area (Å²) in [4.78, 5) is 0. The number of nitrogens with one attached hydrogen (secondary N) is 1. The van der Waals surface area contributed by atoms with Crippen LogP contribution in [0.3, 0.4) is 0 Å². The van der Waals surface area contributed by atoms with Crippen molar-refractivity contribution in [3.05, 3.63) is 36.4 Å². The number of aryl methyl sites for hydroxylation is 1. The standard InChI is InChI=1S/C10H11N3O/c1-6-3-9(8-4-12-13-5-8)14-10(6)7(2)11/h3-5H,2,11H2,1H3,(H,12,13). The van der Waals surface area contributed by atoms with Gasteiger partial charge in [0.15, 0.2) is 5.76 Å². The lowest BCUT2D eigenvalue weighted by atomic mass is 10.2. The molecule has 2 rings (SSSR count). The van der Waals surface area contributed by atoms with Gasteiger partial charge in [-0.25, -0.2) is 0 Å². The molecular formula is C10H11N3O. The van der Waals surface area contributed by atoms with E-state index in [2.05, 4.69) is 16.8 Å². The van der Waals surface area contributed by atoms with Crippen LogP contribution in [0, 0.1) is 6.92 Å². The van der Waals surface area contributed by atoms with Crippen LogP contribution in [-0.4, -0.2) is 10.2 Å². The summed E-state index contributed by atoms with van der Waals surface area (Å²) < 4.78 is 5.54. The molecule has 0 bridgehead atoms. The first-order valence-electron chi connectivity index (χ1n) is 4.23. The summed E-state index contributed by atoms with van der Waals surface area (Å²) >= 11 is 0. The van der Waals surface area contributed by atoms with Crippen molar-refractivity contribution in [1.29, 1.82) is 0 Å². The Bertz CT molecular complexity index is 454. The van der Waals surface area contributed by atoms with Crippen molar-refractivity contribution in [2.24, 2.45) is 5.73 Å². The van der Waals surface area contributed by atoms with Crippen molar-refractivity contribution in [2.75, 3.05) is 0 Å². The second-order valence-electron chi connectivity index (χ2n) is 3.14. The first-order chi connectivity index (χ1) is 6.68. The van der Waals surface area contributed by atoms with Crippen molar-refractivity contribution in [2.45, 2.75) is 6.92 Å². The van der Waals surface area contributed by atoms with Crippen LogP contribution in [0.15, 0.2) is 29.5 Å². The SMILES string of the molecule is C=C(N)c1oc(-c2cn[nH]c2)cc1C. The molecule has 72 valence electrons. The largest absolute Gasteiger partial charge is 0.454 e. The van der Waals surface area contributed by atoms with Gasteiger partial charge in [0.2, 0.25) is 0 Å². The third-order valence-corrected chi connectivity index (χ3v) is 1.99. The summed E-state index contributed by atoms with van der Waals surface area (Å²) in [5, 5.41) is 6.57. The highest BCUT2D eigenvalue weighted by molar-refractivity contribution is 5.64. The number of nitrogens with two attached hydrogens (primary N) is 1. The normalized spacial score (nSPS) is 10.4. The molecule has 0 saturated carbocycles. The molecule has 14 heavy (non-hydrogen) atoms. The van der Waals surface area contributed by atoms with Crippen LogP contribution in [0.1, 0.15) is 11.3 Å². The van der Waals surface area contributed by atoms with E-state index < -0.39 is 0 Å². The first-order valence-corrected chi connectivity index (χ1v) is 4.23. The number of rotatable bonds is 2. The highest BCUT2D eigenvalue weighted by Gasteiger charge is 2.10. The summed E-state index contributed by atoms with van der Waals surface area (Å²) in [6, 6.07) is 1.91. The lowest BCUT2D eigenvalue weighted by molar-refractivity contribution is 0.564. The number of nitrogens with zero attached hydrogens (tertiary/aromatic N) is 1. The zero-order valence-electron chi connectivity index (χ0n) is 7.87. The van der Waals surface area contributed by atoms with Crippen LogP contribution in [0.4, 0.5) is 0 Å². The average Bonchev–Trinajstić information content (AvgIpc) is 2.70. The molecular weight excluding hydrogens is 178 g/mol. The van der Waals surface area contributed by atoms with E-state index in [1.807, 2.05) is 13.0 Å². The Hall–Kier alpha value is -1.97. The van der Waals surface area contributed by atoms with E-state index in [-0.39, 0.29) is 0 Å². The number of hydrogen-bond donors (Lipinski definition) is 2. The lowest BCUT2D eigenvalue weighted by Crippen LogP contribution is -1.92. The van der Waals surface area contributed by atoms with Crippen molar-refractivity contribution in [3.63, 3.8) is 0 Å². The minimum absolute atomic E-state index is 0.442. The van der Waals surface area contributed by atoms with Crippen molar-refractivity contribution < 1.29 is 4.42 Å². The van der Waals surface area contributed by atoms with Crippen molar-refractivity contribution in [1.82, 2.24) is 10.2 Å². The second kappa shape index (κ2) is 3.06. The number of H-pyrrole nitrogens is 1. The maximum atomic E-state index is 5.57. The molecule has 0 aliphatic carbocycles. The fraction of sp³-hybridized carbons (Fsp3) is 0.100. The first kappa shape index (κ1) is 8.62. The highest BCUT2D eigenvalue weighted by Crippen LogP contribution is 2.26. The van der Waals surface area contributed by atoms with Crippen LogP contribution in [0.25, 0.3) is 17.0 Å². The Kier molecular flexibility index (Phi) is 1.89. The summed E-state index contributed by atoms with van der Waals surface area (Å²) in [6.45, 7) is 5.57. The van der Waals surface area contributed by atoms with Gasteiger partial charge in [-0.3, -0.25) is 5.10 Å². The monoisotopic (exact) mass is 189 g/mol. The Morgan fingerprint density at radius 1 is 1.64 bits per heavy atom.